The fourth-order valence-corrected chi connectivity index (χ4v) is 4.06. The second-order valence-corrected chi connectivity index (χ2v) is 6.39. The van der Waals surface area contributed by atoms with Crippen molar-refractivity contribution in [2.24, 2.45) is 24.8 Å². The molecule has 4 unspecified atom stereocenters. The lowest BCUT2D eigenvalue weighted by Gasteiger charge is -2.28. The van der Waals surface area contributed by atoms with E-state index in [2.05, 4.69) is 10.4 Å². The standard InChI is InChI=1S/C14H20N4O3/c1-8(11-6-9-3-4-10(11)5-9)15-14(19)13-12(18(20)21)7-17(2)16-13/h7-11H,3-6H2,1-2H3,(H,15,19). The molecule has 1 N–H and O–H groups in total. The first kappa shape index (κ1) is 14.0. The maximum atomic E-state index is 12.3. The van der Waals surface area contributed by atoms with Crippen LogP contribution in [0.25, 0.3) is 0 Å². The number of nitrogens with one attached hydrogen (secondary N) is 1. The zero-order chi connectivity index (χ0) is 15.1. The van der Waals surface area contributed by atoms with Crippen LogP contribution in [0, 0.1) is 27.9 Å². The monoisotopic (exact) mass is 292 g/mol. The Bertz CT molecular complexity index is 583. The molecule has 7 heteroatoms. The van der Waals surface area contributed by atoms with Crippen molar-refractivity contribution in [3.8, 4) is 0 Å². The van der Waals surface area contributed by atoms with E-state index in [0.717, 1.165) is 12.3 Å². The molecule has 21 heavy (non-hydrogen) atoms. The van der Waals surface area contributed by atoms with Crippen molar-refractivity contribution in [1.29, 1.82) is 0 Å². The lowest BCUT2D eigenvalue weighted by Crippen LogP contribution is -2.40. The quantitative estimate of drug-likeness (QED) is 0.677. The normalized spacial score (nSPS) is 28.6. The lowest BCUT2D eigenvalue weighted by molar-refractivity contribution is -0.385. The number of rotatable bonds is 4. The van der Waals surface area contributed by atoms with Gasteiger partial charge in [-0.05, 0) is 43.9 Å². The molecule has 0 spiro atoms. The molecule has 7 nitrogen and oxygen atoms in total. The second kappa shape index (κ2) is 5.13. The molecule has 0 radical (unpaired) electrons. The molecule has 0 aliphatic heterocycles. The Morgan fingerprint density at radius 1 is 1.52 bits per heavy atom. The number of aromatic nitrogens is 2. The van der Waals surface area contributed by atoms with E-state index in [-0.39, 0.29) is 17.4 Å². The van der Waals surface area contributed by atoms with Gasteiger partial charge in [-0.25, -0.2) is 0 Å². The minimum atomic E-state index is -0.565. The fourth-order valence-electron chi connectivity index (χ4n) is 4.06. The molecule has 3 rings (SSSR count). The highest BCUT2D eigenvalue weighted by Crippen LogP contribution is 2.49. The van der Waals surface area contributed by atoms with Crippen LogP contribution >= 0.6 is 0 Å². The summed E-state index contributed by atoms with van der Waals surface area (Å²) in [5, 5.41) is 17.8. The number of hydrogen-bond acceptors (Lipinski definition) is 4. The van der Waals surface area contributed by atoms with Gasteiger partial charge in [0.05, 0.1) is 4.92 Å². The Hall–Kier alpha value is -1.92. The van der Waals surface area contributed by atoms with E-state index in [4.69, 9.17) is 0 Å². The number of carbonyl (C=O) groups is 1. The molecule has 1 aromatic heterocycles. The predicted octanol–water partition coefficient (Wildman–Crippen LogP) is 1.88. The molecule has 2 bridgehead atoms. The van der Waals surface area contributed by atoms with E-state index >= 15 is 0 Å². The van der Waals surface area contributed by atoms with Gasteiger partial charge in [0.25, 0.3) is 5.91 Å². The number of nitrogens with zero attached hydrogens (tertiary/aromatic N) is 3. The average Bonchev–Trinajstić information content (AvgIpc) is 3.12. The molecule has 2 saturated carbocycles. The van der Waals surface area contributed by atoms with Crippen molar-refractivity contribution < 1.29 is 9.72 Å². The molecule has 0 saturated heterocycles. The highest BCUT2D eigenvalue weighted by molar-refractivity contribution is 5.96. The molecular formula is C14H20N4O3. The molecule has 114 valence electrons. The van der Waals surface area contributed by atoms with Gasteiger partial charge in [-0.3, -0.25) is 19.6 Å². The largest absolute Gasteiger partial charge is 0.348 e. The van der Waals surface area contributed by atoms with Crippen molar-refractivity contribution in [2.75, 3.05) is 0 Å². The van der Waals surface area contributed by atoms with Crippen molar-refractivity contribution in [1.82, 2.24) is 15.1 Å². The van der Waals surface area contributed by atoms with Crippen LogP contribution in [0.2, 0.25) is 0 Å². The van der Waals surface area contributed by atoms with Crippen molar-refractivity contribution in [3.63, 3.8) is 0 Å². The smallest absolute Gasteiger partial charge is 0.320 e. The minimum Gasteiger partial charge on any atom is -0.348 e. The van der Waals surface area contributed by atoms with Gasteiger partial charge < -0.3 is 5.32 Å². The predicted molar refractivity (Wildman–Crippen MR) is 75.7 cm³/mol. The summed E-state index contributed by atoms with van der Waals surface area (Å²) in [5.74, 6) is 1.56. The number of fused-ring (bicyclic) bond motifs is 2. The van der Waals surface area contributed by atoms with Gasteiger partial charge in [0.15, 0.2) is 0 Å². The molecule has 0 aromatic carbocycles. The highest BCUT2D eigenvalue weighted by atomic mass is 16.6. The first-order valence-electron chi connectivity index (χ1n) is 7.44. The maximum absolute atomic E-state index is 12.3. The number of nitro groups is 1. The maximum Gasteiger partial charge on any atom is 0.320 e. The summed E-state index contributed by atoms with van der Waals surface area (Å²) in [7, 11) is 1.57. The van der Waals surface area contributed by atoms with E-state index in [1.54, 1.807) is 7.05 Å². The molecular weight excluding hydrogens is 272 g/mol. The summed E-state index contributed by atoms with van der Waals surface area (Å²) in [6.45, 7) is 2.00. The van der Waals surface area contributed by atoms with Crippen LogP contribution in [0.15, 0.2) is 6.20 Å². The van der Waals surface area contributed by atoms with Crippen LogP contribution in [0.1, 0.15) is 43.1 Å². The topological polar surface area (TPSA) is 90.1 Å². The van der Waals surface area contributed by atoms with Crippen LogP contribution in [0.5, 0.6) is 0 Å². The summed E-state index contributed by atoms with van der Waals surface area (Å²) in [5.41, 5.74) is -0.340. The number of carbonyl (C=O) groups excluding carboxylic acids is 1. The van der Waals surface area contributed by atoms with E-state index in [9.17, 15) is 14.9 Å². The summed E-state index contributed by atoms with van der Waals surface area (Å²) < 4.78 is 1.30. The van der Waals surface area contributed by atoms with E-state index in [1.165, 1.54) is 30.1 Å². The van der Waals surface area contributed by atoms with Crippen molar-refractivity contribution in [3.05, 3.63) is 22.0 Å². The van der Waals surface area contributed by atoms with Gasteiger partial charge in [-0.2, -0.15) is 5.10 Å². The number of hydrogen-bond donors (Lipinski definition) is 1. The Balaban J connectivity index is 1.70. The molecule has 2 fully saturated rings. The SMILES string of the molecule is CC(NC(=O)c1nn(C)cc1[N+](=O)[O-])C1CC2CCC1C2. The Kier molecular flexibility index (Phi) is 3.43. The number of amides is 1. The van der Waals surface area contributed by atoms with Gasteiger partial charge >= 0.3 is 5.69 Å². The summed E-state index contributed by atoms with van der Waals surface area (Å²) in [6.07, 6.45) is 6.26. The van der Waals surface area contributed by atoms with E-state index in [1.807, 2.05) is 6.92 Å². The van der Waals surface area contributed by atoms with Gasteiger partial charge in [0.2, 0.25) is 5.69 Å². The summed E-state index contributed by atoms with van der Waals surface area (Å²) in [4.78, 5) is 22.7. The summed E-state index contributed by atoms with van der Waals surface area (Å²) >= 11 is 0. The molecule has 2 aliphatic rings. The molecule has 1 aromatic rings. The Morgan fingerprint density at radius 2 is 2.29 bits per heavy atom. The van der Waals surface area contributed by atoms with Crippen LogP contribution in [-0.4, -0.2) is 26.7 Å². The van der Waals surface area contributed by atoms with Gasteiger partial charge in [0, 0.05) is 13.1 Å². The van der Waals surface area contributed by atoms with Crippen LogP contribution < -0.4 is 5.32 Å². The van der Waals surface area contributed by atoms with Crippen LogP contribution in [0.3, 0.4) is 0 Å². The third kappa shape index (κ3) is 2.52. The van der Waals surface area contributed by atoms with Crippen LogP contribution in [-0.2, 0) is 7.05 Å². The van der Waals surface area contributed by atoms with E-state index < -0.39 is 10.8 Å². The van der Waals surface area contributed by atoms with Gasteiger partial charge in [-0.1, -0.05) is 6.42 Å². The van der Waals surface area contributed by atoms with Crippen molar-refractivity contribution in [2.45, 2.75) is 38.6 Å². The Morgan fingerprint density at radius 3 is 2.86 bits per heavy atom. The zero-order valence-corrected chi connectivity index (χ0v) is 12.3. The van der Waals surface area contributed by atoms with Gasteiger partial charge in [0.1, 0.15) is 6.20 Å². The molecule has 2 aliphatic carbocycles. The second-order valence-electron chi connectivity index (χ2n) is 6.39. The third-order valence-corrected chi connectivity index (χ3v) is 5.02. The first-order chi connectivity index (χ1) is 9.95. The molecule has 1 amide bonds. The summed E-state index contributed by atoms with van der Waals surface area (Å²) in [6, 6.07) is 0.0365. The zero-order valence-electron chi connectivity index (χ0n) is 12.3. The minimum absolute atomic E-state index is 0.0365. The van der Waals surface area contributed by atoms with E-state index in [0.29, 0.717) is 11.8 Å². The molecule has 4 atom stereocenters. The van der Waals surface area contributed by atoms with Crippen molar-refractivity contribution >= 4 is 11.6 Å². The highest BCUT2D eigenvalue weighted by Gasteiger charge is 2.42. The fraction of sp³-hybridized carbons (Fsp3) is 0.714. The Labute approximate surface area is 122 Å². The van der Waals surface area contributed by atoms with Gasteiger partial charge in [-0.15, -0.1) is 0 Å². The molecule has 1 heterocycles. The van der Waals surface area contributed by atoms with Crippen LogP contribution in [0.4, 0.5) is 5.69 Å². The average molecular weight is 292 g/mol. The number of aryl methyl sites for hydroxylation is 1. The lowest BCUT2D eigenvalue weighted by atomic mass is 9.84. The third-order valence-electron chi connectivity index (χ3n) is 5.02. The first-order valence-corrected chi connectivity index (χ1v) is 7.44.